The van der Waals surface area contributed by atoms with Crippen molar-refractivity contribution in [1.82, 2.24) is 30.5 Å². The van der Waals surface area contributed by atoms with Gasteiger partial charge in [-0.05, 0) is 144 Å². The molecule has 0 saturated carbocycles. The van der Waals surface area contributed by atoms with Crippen molar-refractivity contribution in [1.29, 1.82) is 0 Å². The molecular formula is C56H90N6O2S. The van der Waals surface area contributed by atoms with Crippen LogP contribution in [0.1, 0.15) is 180 Å². The van der Waals surface area contributed by atoms with Crippen LogP contribution >= 0.6 is 11.3 Å². The first-order valence-corrected chi connectivity index (χ1v) is 21.8. The first kappa shape index (κ1) is 82.6. The third kappa shape index (κ3) is 178. The van der Waals surface area contributed by atoms with Gasteiger partial charge in [0.15, 0.2) is 6.33 Å². The Kier molecular flexibility index (Phi) is 104. The monoisotopic (exact) mass is 911 g/mol. The highest BCUT2D eigenvalue weighted by atomic mass is 32.1. The van der Waals surface area contributed by atoms with E-state index in [-0.39, 0.29) is 22.3 Å². The topological polar surface area (TPSA) is 104 Å². The molecule has 0 N–H and O–H groups in total. The lowest BCUT2D eigenvalue weighted by atomic mass is 10.2. The van der Waals surface area contributed by atoms with Gasteiger partial charge in [-0.1, -0.05) is 183 Å². The van der Waals surface area contributed by atoms with Gasteiger partial charge in [-0.25, -0.2) is 4.98 Å². The number of hydrogen-bond acceptors (Lipinski definition) is 9. The van der Waals surface area contributed by atoms with Gasteiger partial charge in [0.1, 0.15) is 11.0 Å². The summed E-state index contributed by atoms with van der Waals surface area (Å²) in [6, 6.07) is 0. The van der Waals surface area contributed by atoms with Crippen molar-refractivity contribution in [2.75, 3.05) is 0 Å². The molecule has 362 valence electrons. The van der Waals surface area contributed by atoms with Crippen LogP contribution in [-0.4, -0.2) is 30.5 Å². The Balaban J connectivity index is -0.0000000701. The third-order valence-electron chi connectivity index (χ3n) is 4.48. The fourth-order valence-corrected chi connectivity index (χ4v) is 1.24. The Bertz CT molecular complexity index is 1620. The van der Waals surface area contributed by atoms with E-state index in [0.29, 0.717) is 0 Å². The predicted molar refractivity (Wildman–Crippen MR) is 287 cm³/mol. The van der Waals surface area contributed by atoms with Crippen molar-refractivity contribution in [3.05, 3.63) is 36.5 Å². The van der Waals surface area contributed by atoms with Gasteiger partial charge in [0.05, 0.1) is 0 Å². The van der Waals surface area contributed by atoms with Crippen molar-refractivity contribution in [2.45, 2.75) is 180 Å². The van der Waals surface area contributed by atoms with Gasteiger partial charge in [0.2, 0.25) is 19.2 Å². The highest BCUT2D eigenvalue weighted by Gasteiger charge is 1.81. The fraction of sp³-hybridized carbons (Fsp3) is 0.571. The van der Waals surface area contributed by atoms with E-state index in [4.69, 9.17) is 0 Å². The molecule has 0 unspecified atom stereocenters. The van der Waals surface area contributed by atoms with Crippen LogP contribution in [0.5, 0.6) is 0 Å². The fourth-order valence-electron chi connectivity index (χ4n) is 0.971. The summed E-state index contributed by atoms with van der Waals surface area (Å²) in [6.07, 6.45) is 9.04. The second-order valence-corrected chi connectivity index (χ2v) is 15.5. The molecule has 0 bridgehead atoms. The van der Waals surface area contributed by atoms with Gasteiger partial charge in [0.25, 0.3) is 0 Å². The normalized spacial score (nSPS) is 6.92. The summed E-state index contributed by atoms with van der Waals surface area (Å²) in [5, 5.41) is 16.8. The van der Waals surface area contributed by atoms with Crippen molar-refractivity contribution in [3.63, 3.8) is 0 Å². The first-order chi connectivity index (χ1) is 29.4. The minimum Gasteiger partial charge on any atom is -0.431 e. The van der Waals surface area contributed by atoms with Crippen LogP contribution in [0.2, 0.25) is 0 Å². The average molecular weight is 911 g/mol. The third-order valence-corrected chi connectivity index (χ3v) is 4.92. The van der Waals surface area contributed by atoms with Crippen LogP contribution < -0.4 is 0 Å². The second kappa shape index (κ2) is 81.7. The predicted octanol–water partition coefficient (Wildman–Crippen LogP) is 14.8. The Morgan fingerprint density at radius 3 is 0.723 bits per heavy atom. The zero-order valence-electron chi connectivity index (χ0n) is 42.0. The van der Waals surface area contributed by atoms with Gasteiger partial charge in [-0.15, -0.1) is 31.7 Å². The molecule has 0 saturated heterocycles. The molecule has 65 heavy (non-hydrogen) atoms. The van der Waals surface area contributed by atoms with E-state index in [1.807, 2.05) is 0 Å². The largest absolute Gasteiger partial charge is 0.431 e. The summed E-state index contributed by atoms with van der Waals surface area (Å²) in [6.45, 7) is 42.8. The molecule has 0 atom stereocenters. The minimum absolute atomic E-state index is 0. The Morgan fingerprint density at radius 2 is 0.631 bits per heavy atom. The Morgan fingerprint density at radius 1 is 0.400 bits per heavy atom. The number of aromatic nitrogens is 6. The zero-order valence-corrected chi connectivity index (χ0v) is 42.8. The maximum Gasteiger partial charge on any atom is 0.213 e. The summed E-state index contributed by atoms with van der Waals surface area (Å²) in [5.41, 5.74) is 3.36. The molecule has 0 spiro atoms. The highest BCUT2D eigenvalue weighted by Crippen LogP contribution is 1.95. The first-order valence-electron chi connectivity index (χ1n) is 20.8. The quantitative estimate of drug-likeness (QED) is 0.239. The molecule has 8 nitrogen and oxygen atoms in total. The van der Waals surface area contributed by atoms with Crippen LogP contribution in [0, 0.1) is 142 Å². The Hall–Kier alpha value is -6.12. The van der Waals surface area contributed by atoms with Crippen molar-refractivity contribution >= 4 is 11.3 Å². The van der Waals surface area contributed by atoms with Gasteiger partial charge in [-0.3, -0.25) is 0 Å². The van der Waals surface area contributed by atoms with Crippen LogP contribution in [0.15, 0.2) is 45.5 Å². The molecule has 3 heterocycles. The van der Waals surface area contributed by atoms with Crippen molar-refractivity contribution in [3.8, 4) is 107 Å². The maximum absolute atomic E-state index is 4.36. The smallest absolute Gasteiger partial charge is 0.213 e. The number of rotatable bonds is 3. The lowest BCUT2D eigenvalue weighted by Crippen LogP contribution is -1.77. The van der Waals surface area contributed by atoms with E-state index in [9.17, 15) is 0 Å². The lowest BCUT2D eigenvalue weighted by Gasteiger charge is -1.90. The molecule has 3 aromatic rings. The summed E-state index contributed by atoms with van der Waals surface area (Å²) >= 11 is 1.49. The molecule has 0 fully saturated rings. The minimum atomic E-state index is 0. The lowest BCUT2D eigenvalue weighted by molar-refractivity contribution is 0.416. The summed E-state index contributed by atoms with van der Waals surface area (Å²) in [5.74, 6) is 50.7. The van der Waals surface area contributed by atoms with Crippen LogP contribution in [-0.2, 0) is 0 Å². The molecule has 0 amide bonds. The standard InChI is InChI=1S/C20H6.3C5H12.3C4H10.2C2H2N2O.C2H2N2S.3CH4/c1-3-5-7-9-11-13-15-17-19-20-18-16-14-12-10-8-6-4-2;3*1-4-5(2)3;3*1-4(2)3;1-3-4-2-5-1;1-3-2-5-4-1;1-3-4-2-5-1;;;/h1-2H3;3*5H,4H2,1-3H3;3*4H,1-3H3;3*1-2H;3*1H4. The van der Waals surface area contributed by atoms with Gasteiger partial charge in [0, 0.05) is 0 Å². The van der Waals surface area contributed by atoms with Gasteiger partial charge < -0.3 is 8.94 Å². The molecule has 0 aliphatic carbocycles. The zero-order chi connectivity index (χ0) is 48.9. The maximum atomic E-state index is 4.36. The molecule has 0 aromatic carbocycles. The molecule has 9 heteroatoms. The summed E-state index contributed by atoms with van der Waals surface area (Å²) < 4.78 is 8.58. The van der Waals surface area contributed by atoms with Crippen molar-refractivity contribution in [2.24, 2.45) is 35.5 Å². The van der Waals surface area contributed by atoms with Gasteiger partial charge in [-0.2, -0.15) is 0 Å². The van der Waals surface area contributed by atoms with E-state index in [1.54, 1.807) is 24.9 Å². The number of nitrogens with zero attached hydrogens (tertiary/aromatic N) is 6. The van der Waals surface area contributed by atoms with E-state index in [1.165, 1.54) is 56.1 Å². The van der Waals surface area contributed by atoms with E-state index < -0.39 is 0 Å². The molecule has 0 aliphatic heterocycles. The molecular weight excluding hydrogens is 821 g/mol. The SMILES string of the molecule is C.C.C.CC#CC#CC#CC#CC#CC#CC#CC#CC#CC.CC(C)C.CC(C)C.CC(C)C.CCC(C)C.CCC(C)C.CCC(C)C.c1ncon1.c1nnco1.c1nncs1. The molecule has 0 aliphatic rings. The average Bonchev–Trinajstić information content (AvgIpc) is 4.06. The molecule has 3 rings (SSSR count). The molecule has 0 radical (unpaired) electrons. The van der Waals surface area contributed by atoms with E-state index in [0.717, 1.165) is 35.5 Å². The van der Waals surface area contributed by atoms with Crippen molar-refractivity contribution < 1.29 is 8.94 Å². The molecule has 3 aromatic heterocycles. The Labute approximate surface area is 407 Å². The van der Waals surface area contributed by atoms with E-state index >= 15 is 0 Å². The van der Waals surface area contributed by atoms with Gasteiger partial charge >= 0.3 is 0 Å². The summed E-state index contributed by atoms with van der Waals surface area (Å²) in [4.78, 5) is 3.44. The summed E-state index contributed by atoms with van der Waals surface area (Å²) in [7, 11) is 0. The van der Waals surface area contributed by atoms with Crippen LogP contribution in [0.25, 0.3) is 0 Å². The number of hydrogen-bond donors (Lipinski definition) is 0. The highest BCUT2D eigenvalue weighted by molar-refractivity contribution is 7.07. The van der Waals surface area contributed by atoms with Crippen LogP contribution in [0.4, 0.5) is 0 Å². The second-order valence-electron chi connectivity index (χ2n) is 14.8. The van der Waals surface area contributed by atoms with Crippen LogP contribution in [0.3, 0.4) is 0 Å². The van der Waals surface area contributed by atoms with E-state index in [2.05, 4.69) is 271 Å².